The molecule has 3 unspecified atom stereocenters. The van der Waals surface area contributed by atoms with Gasteiger partial charge < -0.3 is 49.1 Å². The predicted molar refractivity (Wildman–Crippen MR) is 129 cm³/mol. The van der Waals surface area contributed by atoms with Gasteiger partial charge in [-0.15, -0.1) is 0 Å². The molecule has 0 radical (unpaired) electrons. The molecule has 39 heavy (non-hydrogen) atoms. The highest BCUT2D eigenvalue weighted by atomic mass is 16.7. The molecular weight excluding hydrogens is 528 g/mol. The van der Waals surface area contributed by atoms with Gasteiger partial charge in [-0.2, -0.15) is 0 Å². The number of carbonyl (C=O) groups is 6. The van der Waals surface area contributed by atoms with Crippen molar-refractivity contribution in [2.75, 3.05) is 47.8 Å². The van der Waals surface area contributed by atoms with E-state index in [1.807, 2.05) is 0 Å². The predicted octanol–water partition coefficient (Wildman–Crippen LogP) is -0.767. The Kier molecular flexibility index (Phi) is 19.2. The van der Waals surface area contributed by atoms with Crippen LogP contribution >= 0.6 is 0 Å². The molecule has 0 saturated heterocycles. The second kappa shape index (κ2) is 21.3. The third-order valence-electron chi connectivity index (χ3n) is 4.61. The first-order chi connectivity index (χ1) is 18.5. The number of hydrogen-bond acceptors (Lipinski definition) is 15. The standard InChI is InChI=1S/C22H38N4O13/c1-14(24-10-34-11-35-16(3)27)18(28)36-12-37-19(29)15(2)25-21(31)38-13-39-22(32)26-17(20(30)33-5)8-6-7-9-23-4/h14-15,17,23-24H,6-13H2,1-5H3,(H,25,31)(H,26,32). The van der Waals surface area contributed by atoms with Crippen LogP contribution < -0.4 is 21.3 Å². The molecule has 0 aromatic rings. The summed E-state index contributed by atoms with van der Waals surface area (Å²) < 4.78 is 33.0. The molecule has 0 rings (SSSR count). The fourth-order valence-corrected chi connectivity index (χ4v) is 2.47. The molecule has 0 aromatic carbocycles. The maximum Gasteiger partial charge on any atom is 0.410 e. The quantitative estimate of drug-likeness (QED) is 0.0654. The van der Waals surface area contributed by atoms with E-state index in [0.29, 0.717) is 12.8 Å². The maximum absolute atomic E-state index is 11.9. The summed E-state index contributed by atoms with van der Waals surface area (Å²) in [5.41, 5.74) is 0. The van der Waals surface area contributed by atoms with Crippen molar-refractivity contribution in [1.82, 2.24) is 21.3 Å². The normalized spacial score (nSPS) is 12.6. The molecule has 2 amide bonds. The second-order valence-corrected chi connectivity index (χ2v) is 7.74. The third kappa shape index (κ3) is 18.2. The lowest BCUT2D eigenvalue weighted by Gasteiger charge is -2.17. The molecule has 0 spiro atoms. The van der Waals surface area contributed by atoms with Gasteiger partial charge in [0.2, 0.25) is 13.6 Å². The van der Waals surface area contributed by atoms with Crippen LogP contribution in [0.5, 0.6) is 0 Å². The first kappa shape index (κ1) is 35.3. The zero-order valence-corrected chi connectivity index (χ0v) is 22.7. The topological polar surface area (TPSA) is 215 Å². The highest BCUT2D eigenvalue weighted by molar-refractivity contribution is 5.82. The number of ether oxygens (including phenoxy) is 7. The Bertz CT molecular complexity index is 796. The van der Waals surface area contributed by atoms with Crippen molar-refractivity contribution in [3.8, 4) is 0 Å². The number of amides is 2. The van der Waals surface area contributed by atoms with Crippen LogP contribution in [0.1, 0.15) is 40.0 Å². The first-order valence-electron chi connectivity index (χ1n) is 11.9. The number of unbranched alkanes of at least 4 members (excludes halogenated alkanes) is 1. The van der Waals surface area contributed by atoms with E-state index in [4.69, 9.17) is 18.9 Å². The molecule has 0 saturated carbocycles. The number of alkyl carbamates (subject to hydrolysis) is 2. The highest BCUT2D eigenvalue weighted by Gasteiger charge is 2.23. The summed E-state index contributed by atoms with van der Waals surface area (Å²) in [6.45, 7) is 2.77. The van der Waals surface area contributed by atoms with Crippen molar-refractivity contribution in [1.29, 1.82) is 0 Å². The molecule has 0 aromatic heterocycles. The lowest BCUT2D eigenvalue weighted by Crippen LogP contribution is -2.43. The number of nitrogens with one attached hydrogen (secondary N) is 4. The van der Waals surface area contributed by atoms with Gasteiger partial charge in [0.1, 0.15) is 24.9 Å². The van der Waals surface area contributed by atoms with Gasteiger partial charge in [0.05, 0.1) is 7.11 Å². The smallest absolute Gasteiger partial charge is 0.410 e. The number of rotatable bonds is 19. The summed E-state index contributed by atoms with van der Waals surface area (Å²) >= 11 is 0. The minimum absolute atomic E-state index is 0.111. The highest BCUT2D eigenvalue weighted by Crippen LogP contribution is 2.03. The Hall–Kier alpha value is -3.70. The molecule has 3 atom stereocenters. The van der Waals surface area contributed by atoms with E-state index in [-0.39, 0.29) is 13.5 Å². The Labute approximate surface area is 225 Å². The monoisotopic (exact) mass is 566 g/mol. The van der Waals surface area contributed by atoms with Crippen molar-refractivity contribution in [3.63, 3.8) is 0 Å². The minimum atomic E-state index is -1.20. The first-order valence-corrected chi connectivity index (χ1v) is 11.9. The fraction of sp³-hybridized carbons (Fsp3) is 0.727. The van der Waals surface area contributed by atoms with E-state index < -0.39 is 67.8 Å². The van der Waals surface area contributed by atoms with E-state index in [9.17, 15) is 28.8 Å². The summed E-state index contributed by atoms with van der Waals surface area (Å²) in [5, 5.41) is 10.1. The van der Waals surface area contributed by atoms with Crippen molar-refractivity contribution >= 4 is 36.1 Å². The molecule has 0 bridgehead atoms. The Morgan fingerprint density at radius 2 is 1.31 bits per heavy atom. The maximum atomic E-state index is 11.9. The largest absolute Gasteiger partial charge is 0.467 e. The van der Waals surface area contributed by atoms with Crippen molar-refractivity contribution in [3.05, 3.63) is 0 Å². The number of methoxy groups -OCH3 is 1. The van der Waals surface area contributed by atoms with Gasteiger partial charge in [-0.3, -0.25) is 14.9 Å². The summed E-state index contributed by atoms with van der Waals surface area (Å²) in [4.78, 5) is 69.9. The number of carbonyl (C=O) groups excluding carboxylic acids is 6. The Morgan fingerprint density at radius 3 is 1.90 bits per heavy atom. The average molecular weight is 567 g/mol. The van der Waals surface area contributed by atoms with E-state index >= 15 is 0 Å². The number of hydrogen-bond donors (Lipinski definition) is 4. The molecule has 0 aliphatic rings. The third-order valence-corrected chi connectivity index (χ3v) is 4.61. The fourth-order valence-electron chi connectivity index (χ4n) is 2.47. The van der Waals surface area contributed by atoms with Crippen LogP contribution in [0.2, 0.25) is 0 Å². The van der Waals surface area contributed by atoms with E-state index in [1.54, 1.807) is 7.05 Å². The molecule has 4 N–H and O–H groups in total. The van der Waals surface area contributed by atoms with Gasteiger partial charge in [-0.05, 0) is 46.7 Å². The van der Waals surface area contributed by atoms with E-state index in [2.05, 4.69) is 35.5 Å². The van der Waals surface area contributed by atoms with Gasteiger partial charge in [0.25, 0.3) is 0 Å². The van der Waals surface area contributed by atoms with Crippen LogP contribution in [0.4, 0.5) is 9.59 Å². The minimum Gasteiger partial charge on any atom is -0.467 e. The van der Waals surface area contributed by atoms with Crippen LogP contribution in [0.15, 0.2) is 0 Å². The van der Waals surface area contributed by atoms with E-state index in [0.717, 1.165) is 13.0 Å². The second-order valence-electron chi connectivity index (χ2n) is 7.74. The molecular formula is C22H38N4O13. The van der Waals surface area contributed by atoms with Gasteiger partial charge in [-0.1, -0.05) is 0 Å². The van der Waals surface area contributed by atoms with Crippen molar-refractivity contribution < 1.29 is 61.9 Å². The summed E-state index contributed by atoms with van der Waals surface area (Å²) in [6.07, 6.45) is -0.384. The van der Waals surface area contributed by atoms with Crippen LogP contribution in [0.25, 0.3) is 0 Å². The summed E-state index contributed by atoms with van der Waals surface area (Å²) in [7, 11) is 2.98. The van der Waals surface area contributed by atoms with Crippen LogP contribution in [0.3, 0.4) is 0 Å². The van der Waals surface area contributed by atoms with Gasteiger partial charge in [-0.25, -0.2) is 19.2 Å². The molecule has 224 valence electrons. The molecule has 0 heterocycles. The lowest BCUT2D eigenvalue weighted by molar-refractivity contribution is -0.170. The van der Waals surface area contributed by atoms with Crippen molar-refractivity contribution in [2.45, 2.75) is 58.2 Å². The Balaban J connectivity index is 4.19. The Morgan fingerprint density at radius 1 is 0.718 bits per heavy atom. The van der Waals surface area contributed by atoms with Crippen LogP contribution in [-0.4, -0.2) is 102 Å². The van der Waals surface area contributed by atoms with Crippen LogP contribution in [-0.2, 0) is 52.3 Å². The average Bonchev–Trinajstić information content (AvgIpc) is 2.89. The van der Waals surface area contributed by atoms with Crippen molar-refractivity contribution in [2.24, 2.45) is 0 Å². The number of esters is 4. The SMILES string of the molecule is CNCCCCC(NC(=O)OCOC(=O)NC(C)C(=O)OCOC(=O)C(C)NCOCOC(C)=O)C(=O)OC. The zero-order valence-electron chi connectivity index (χ0n) is 22.7. The molecule has 0 aliphatic heterocycles. The molecule has 0 fully saturated rings. The molecule has 0 aliphatic carbocycles. The summed E-state index contributed by atoms with van der Waals surface area (Å²) in [5.74, 6) is -2.87. The summed E-state index contributed by atoms with van der Waals surface area (Å²) in [6, 6.07) is -2.96. The van der Waals surface area contributed by atoms with Crippen LogP contribution in [0, 0.1) is 0 Å². The van der Waals surface area contributed by atoms with Gasteiger partial charge in [0.15, 0.2) is 6.79 Å². The van der Waals surface area contributed by atoms with Gasteiger partial charge >= 0.3 is 36.1 Å². The van der Waals surface area contributed by atoms with E-state index in [1.165, 1.54) is 27.9 Å². The van der Waals surface area contributed by atoms with Gasteiger partial charge in [0, 0.05) is 6.92 Å². The zero-order chi connectivity index (χ0) is 29.6. The molecule has 17 nitrogen and oxygen atoms in total. The molecule has 17 heteroatoms. The lowest BCUT2D eigenvalue weighted by atomic mass is 10.1.